The molecule has 104 valence electrons. The molecule has 2 rings (SSSR count). The number of aromatic amines is 1. The molecule has 0 radical (unpaired) electrons. The number of nitrogens with two attached hydrogens (primary N) is 1. The lowest BCUT2D eigenvalue weighted by atomic mass is 10.1. The van der Waals surface area contributed by atoms with Crippen molar-refractivity contribution in [2.75, 3.05) is 0 Å². The number of carbonyl (C=O) groups excluding carboxylic acids is 2. The average Bonchev–Trinajstić information content (AvgIpc) is 2.42. The number of nitrogens with one attached hydrogen (secondary N) is 1. The molecule has 1 aromatic carbocycles. The Balaban J connectivity index is 2.26. The Kier molecular flexibility index (Phi) is 3.79. The SMILES string of the molecule is C[C@H](OC(=O)Cc1n[nH]c(=O)c2ccccc12)C(N)=O. The predicted octanol–water partition coefficient (Wildman–Crippen LogP) is -0.117. The van der Waals surface area contributed by atoms with Crippen molar-refractivity contribution < 1.29 is 14.3 Å². The van der Waals surface area contributed by atoms with Crippen molar-refractivity contribution in [3.63, 3.8) is 0 Å². The van der Waals surface area contributed by atoms with Crippen LogP contribution in [0.3, 0.4) is 0 Å². The van der Waals surface area contributed by atoms with Gasteiger partial charge < -0.3 is 10.5 Å². The molecule has 0 bridgehead atoms. The van der Waals surface area contributed by atoms with Crippen LogP contribution in [0.2, 0.25) is 0 Å². The maximum absolute atomic E-state index is 11.7. The summed E-state index contributed by atoms with van der Waals surface area (Å²) < 4.78 is 4.85. The molecule has 0 saturated carbocycles. The quantitative estimate of drug-likeness (QED) is 0.755. The summed E-state index contributed by atoms with van der Waals surface area (Å²) in [6.45, 7) is 1.39. The summed E-state index contributed by atoms with van der Waals surface area (Å²) in [4.78, 5) is 34.1. The van der Waals surface area contributed by atoms with Gasteiger partial charge in [-0.25, -0.2) is 5.10 Å². The van der Waals surface area contributed by atoms with Crippen molar-refractivity contribution in [3.05, 3.63) is 40.3 Å². The normalized spacial score (nSPS) is 12.1. The molecule has 0 unspecified atom stereocenters. The first-order valence-corrected chi connectivity index (χ1v) is 5.94. The van der Waals surface area contributed by atoms with Crippen LogP contribution in [0.4, 0.5) is 0 Å². The minimum absolute atomic E-state index is 0.158. The molecule has 0 fully saturated rings. The lowest BCUT2D eigenvalue weighted by molar-refractivity contribution is -0.153. The van der Waals surface area contributed by atoms with E-state index in [9.17, 15) is 14.4 Å². The number of primary amides is 1. The number of ether oxygens (including phenoxy) is 1. The number of fused-ring (bicyclic) bond motifs is 1. The Morgan fingerprint density at radius 2 is 2.00 bits per heavy atom. The number of carbonyl (C=O) groups is 2. The number of benzene rings is 1. The molecule has 1 amide bonds. The monoisotopic (exact) mass is 275 g/mol. The summed E-state index contributed by atoms with van der Waals surface area (Å²) in [6, 6.07) is 6.79. The molecular weight excluding hydrogens is 262 g/mol. The third-order valence-corrected chi connectivity index (χ3v) is 2.80. The molecule has 0 aliphatic carbocycles. The van der Waals surface area contributed by atoms with E-state index in [1.165, 1.54) is 6.92 Å². The summed E-state index contributed by atoms with van der Waals surface area (Å²) in [7, 11) is 0. The van der Waals surface area contributed by atoms with Gasteiger partial charge in [-0.15, -0.1) is 0 Å². The summed E-state index contributed by atoms with van der Waals surface area (Å²) in [5.41, 5.74) is 5.06. The zero-order valence-electron chi connectivity index (χ0n) is 10.8. The number of hydrogen-bond acceptors (Lipinski definition) is 5. The van der Waals surface area contributed by atoms with Gasteiger partial charge in [0.05, 0.1) is 17.5 Å². The molecule has 7 nitrogen and oxygen atoms in total. The predicted molar refractivity (Wildman–Crippen MR) is 70.8 cm³/mol. The Morgan fingerprint density at radius 1 is 1.35 bits per heavy atom. The average molecular weight is 275 g/mol. The molecule has 3 N–H and O–H groups in total. The van der Waals surface area contributed by atoms with Crippen molar-refractivity contribution in [3.8, 4) is 0 Å². The van der Waals surface area contributed by atoms with Crippen LogP contribution in [-0.4, -0.2) is 28.2 Å². The Labute approximate surface area is 113 Å². The van der Waals surface area contributed by atoms with Crippen molar-refractivity contribution in [1.29, 1.82) is 0 Å². The Morgan fingerprint density at radius 3 is 2.65 bits per heavy atom. The molecule has 0 aliphatic heterocycles. The van der Waals surface area contributed by atoms with E-state index in [0.717, 1.165) is 0 Å². The number of nitrogens with zero attached hydrogens (tertiary/aromatic N) is 1. The van der Waals surface area contributed by atoms with Crippen molar-refractivity contribution in [1.82, 2.24) is 10.2 Å². The third kappa shape index (κ3) is 2.82. The molecule has 1 aromatic heterocycles. The summed E-state index contributed by atoms with van der Waals surface area (Å²) >= 11 is 0. The lowest BCUT2D eigenvalue weighted by Gasteiger charge is -2.09. The first kappa shape index (κ1) is 13.7. The summed E-state index contributed by atoms with van der Waals surface area (Å²) in [5.74, 6) is -1.36. The first-order valence-electron chi connectivity index (χ1n) is 5.94. The number of hydrogen-bond donors (Lipinski definition) is 2. The maximum Gasteiger partial charge on any atom is 0.312 e. The number of aromatic nitrogens is 2. The van der Waals surface area contributed by atoms with E-state index < -0.39 is 18.0 Å². The molecule has 20 heavy (non-hydrogen) atoms. The van der Waals surface area contributed by atoms with Crippen molar-refractivity contribution in [2.45, 2.75) is 19.4 Å². The molecule has 1 atom stereocenters. The van der Waals surface area contributed by atoms with Gasteiger partial charge in [-0.2, -0.15) is 5.10 Å². The van der Waals surface area contributed by atoms with E-state index in [2.05, 4.69) is 10.2 Å². The summed E-state index contributed by atoms with van der Waals surface area (Å²) in [6.07, 6.45) is -1.16. The topological polar surface area (TPSA) is 115 Å². The van der Waals surface area contributed by atoms with Crippen molar-refractivity contribution >= 4 is 22.6 Å². The molecule has 0 saturated heterocycles. The van der Waals surface area contributed by atoms with E-state index in [4.69, 9.17) is 10.5 Å². The fraction of sp³-hybridized carbons (Fsp3) is 0.231. The Hall–Kier alpha value is -2.70. The zero-order valence-corrected chi connectivity index (χ0v) is 10.8. The van der Waals surface area contributed by atoms with Crippen LogP contribution in [-0.2, 0) is 20.7 Å². The maximum atomic E-state index is 11.7. The second-order valence-corrected chi connectivity index (χ2v) is 4.26. The van der Waals surface area contributed by atoms with Crippen LogP contribution in [0.25, 0.3) is 10.8 Å². The zero-order chi connectivity index (χ0) is 14.7. The van der Waals surface area contributed by atoms with Gasteiger partial charge in [0, 0.05) is 5.39 Å². The van der Waals surface area contributed by atoms with Crippen molar-refractivity contribution in [2.24, 2.45) is 5.73 Å². The van der Waals surface area contributed by atoms with Gasteiger partial charge in [0.15, 0.2) is 6.10 Å². The van der Waals surface area contributed by atoms with Gasteiger partial charge in [-0.3, -0.25) is 14.4 Å². The van der Waals surface area contributed by atoms with Gasteiger partial charge >= 0.3 is 5.97 Å². The highest BCUT2D eigenvalue weighted by molar-refractivity contribution is 5.88. The minimum atomic E-state index is -1.00. The Bertz CT molecular complexity index is 723. The van der Waals surface area contributed by atoms with Crippen LogP contribution < -0.4 is 11.3 Å². The number of H-pyrrole nitrogens is 1. The van der Waals surface area contributed by atoms with Gasteiger partial charge in [0.25, 0.3) is 11.5 Å². The molecular formula is C13H13N3O4. The minimum Gasteiger partial charge on any atom is -0.452 e. The number of rotatable bonds is 4. The highest BCUT2D eigenvalue weighted by Gasteiger charge is 2.17. The second kappa shape index (κ2) is 5.52. The van der Waals surface area contributed by atoms with Crippen LogP contribution in [0.5, 0.6) is 0 Å². The van der Waals surface area contributed by atoms with E-state index in [1.54, 1.807) is 24.3 Å². The lowest BCUT2D eigenvalue weighted by Crippen LogP contribution is -2.31. The van der Waals surface area contributed by atoms with E-state index in [0.29, 0.717) is 16.5 Å². The standard InChI is InChI=1S/C13H13N3O4/c1-7(12(14)18)20-11(17)6-10-8-4-2-3-5-9(8)13(19)16-15-10/h2-5,7H,6H2,1H3,(H2,14,18)(H,16,19)/t7-/m0/s1. The molecule has 2 aromatic rings. The van der Waals surface area contributed by atoms with Gasteiger partial charge in [0.1, 0.15) is 0 Å². The van der Waals surface area contributed by atoms with Crippen LogP contribution in [0.1, 0.15) is 12.6 Å². The highest BCUT2D eigenvalue weighted by atomic mass is 16.5. The van der Waals surface area contributed by atoms with Gasteiger partial charge in [0.2, 0.25) is 0 Å². The number of amides is 1. The van der Waals surface area contributed by atoms with E-state index >= 15 is 0 Å². The summed E-state index contributed by atoms with van der Waals surface area (Å²) in [5, 5.41) is 7.17. The van der Waals surface area contributed by atoms with E-state index in [1.807, 2.05) is 0 Å². The highest BCUT2D eigenvalue weighted by Crippen LogP contribution is 2.13. The van der Waals surface area contributed by atoms with Gasteiger partial charge in [-0.05, 0) is 13.0 Å². The largest absolute Gasteiger partial charge is 0.452 e. The van der Waals surface area contributed by atoms with Crippen LogP contribution in [0, 0.1) is 0 Å². The van der Waals surface area contributed by atoms with Crippen LogP contribution >= 0.6 is 0 Å². The van der Waals surface area contributed by atoms with E-state index in [-0.39, 0.29) is 12.0 Å². The first-order chi connectivity index (χ1) is 9.49. The van der Waals surface area contributed by atoms with Crippen LogP contribution in [0.15, 0.2) is 29.1 Å². The third-order valence-electron chi connectivity index (χ3n) is 2.80. The molecule has 0 aliphatic rings. The molecule has 7 heteroatoms. The second-order valence-electron chi connectivity index (χ2n) is 4.26. The fourth-order valence-electron chi connectivity index (χ4n) is 1.74. The number of esters is 1. The smallest absolute Gasteiger partial charge is 0.312 e. The molecule has 1 heterocycles. The van der Waals surface area contributed by atoms with Gasteiger partial charge in [-0.1, -0.05) is 18.2 Å². The fourth-order valence-corrected chi connectivity index (χ4v) is 1.74. The molecule has 0 spiro atoms.